The summed E-state index contributed by atoms with van der Waals surface area (Å²) in [5, 5.41) is 8.57. The van der Waals surface area contributed by atoms with Crippen LogP contribution in [0.25, 0.3) is 10.6 Å². The molecule has 1 atom stereocenters. The molecule has 0 aliphatic rings. The molecular formula is C21H48MoN4. The van der Waals surface area contributed by atoms with Gasteiger partial charge in [-0.2, -0.15) is 0 Å². The average molecular weight is 453 g/mol. The minimum absolute atomic E-state index is 0.108. The predicted octanol–water partition coefficient (Wildman–Crippen LogP) is 7.78. The van der Waals surface area contributed by atoms with Gasteiger partial charge >= 0.3 is 77.8 Å². The van der Waals surface area contributed by atoms with Gasteiger partial charge in [-0.1, -0.05) is 60.3 Å². The van der Waals surface area contributed by atoms with Crippen molar-refractivity contribution in [1.29, 1.82) is 0 Å². The van der Waals surface area contributed by atoms with Crippen LogP contribution < -0.4 is 0 Å². The molecule has 4 nitrogen and oxygen atoms in total. The summed E-state index contributed by atoms with van der Waals surface area (Å²) in [6, 6.07) is 0.579. The van der Waals surface area contributed by atoms with Crippen LogP contribution in [0.2, 0.25) is 0 Å². The zero-order valence-corrected chi connectivity index (χ0v) is 21.7. The number of nitrogens with zero attached hydrogens (tertiary/aromatic N) is 4. The van der Waals surface area contributed by atoms with Gasteiger partial charge in [0.25, 0.3) is 0 Å². The van der Waals surface area contributed by atoms with E-state index in [-0.39, 0.29) is 11.1 Å². The van der Waals surface area contributed by atoms with Crippen molar-refractivity contribution < 1.29 is 18.2 Å². The van der Waals surface area contributed by atoms with E-state index in [0.717, 1.165) is 19.6 Å². The summed E-state index contributed by atoms with van der Waals surface area (Å²) in [4.78, 5) is 0. The van der Waals surface area contributed by atoms with Crippen molar-refractivity contribution in [2.75, 3.05) is 19.6 Å². The van der Waals surface area contributed by atoms with E-state index in [0.29, 0.717) is 6.04 Å². The van der Waals surface area contributed by atoms with Gasteiger partial charge in [-0.15, -0.1) is 25.7 Å². The van der Waals surface area contributed by atoms with Crippen LogP contribution in [0.3, 0.4) is 0 Å². The van der Waals surface area contributed by atoms with Crippen LogP contribution in [-0.2, 0) is 18.2 Å². The van der Waals surface area contributed by atoms with Crippen molar-refractivity contribution in [1.82, 2.24) is 0 Å². The fraction of sp³-hybridized carbons (Fsp3) is 1.00. The molecule has 0 aromatic carbocycles. The Bertz CT molecular complexity index is 315. The molecule has 26 heavy (non-hydrogen) atoms. The zero-order chi connectivity index (χ0) is 21.1. The van der Waals surface area contributed by atoms with Gasteiger partial charge in [0, 0.05) is 0 Å². The first kappa shape index (κ1) is 30.9. The second-order valence-electron chi connectivity index (χ2n) is 8.44. The van der Waals surface area contributed by atoms with Gasteiger partial charge in [0.05, 0.1) is 0 Å². The van der Waals surface area contributed by atoms with E-state index in [1.807, 2.05) is 0 Å². The number of hydrogen-bond acceptors (Lipinski definition) is 2. The summed E-state index contributed by atoms with van der Waals surface area (Å²) in [7, 11) is 0. The standard InChI is InChI=1S/C7H16N.C6H14N.2C4H9N.Mo/c1-4-6-8-7(3)5-2;1-3-5-7-6-4-2;2*1-4(2,3)5;/h7H,4-6H2,1-3H3;3-6H2,1-2H3;2*1-3H3;/q2*-1;;;+2. The number of hydrogen-bond donors (Lipinski definition) is 0. The summed E-state index contributed by atoms with van der Waals surface area (Å²) >= 11 is -0.473. The Hall–Kier alpha value is 0.208. The molecule has 0 saturated heterocycles. The van der Waals surface area contributed by atoms with Gasteiger partial charge in [-0.25, -0.2) is 0 Å². The van der Waals surface area contributed by atoms with Gasteiger partial charge in [0.2, 0.25) is 0 Å². The second kappa shape index (κ2) is 20.0. The van der Waals surface area contributed by atoms with Crippen LogP contribution in [-0.4, -0.2) is 36.8 Å². The first-order valence-electron chi connectivity index (χ1n) is 10.3. The van der Waals surface area contributed by atoms with Crippen molar-refractivity contribution in [3.05, 3.63) is 10.6 Å². The molecule has 158 valence electrons. The molecule has 0 heterocycles. The fourth-order valence-electron chi connectivity index (χ4n) is 1.17. The minimum atomic E-state index is -0.473. The molecule has 0 saturated carbocycles. The van der Waals surface area contributed by atoms with Crippen molar-refractivity contribution >= 4 is 0 Å². The van der Waals surface area contributed by atoms with E-state index < -0.39 is 18.2 Å². The van der Waals surface area contributed by atoms with Crippen LogP contribution in [0.15, 0.2) is 6.99 Å². The molecule has 0 aliphatic carbocycles. The molecule has 0 aliphatic heterocycles. The summed E-state index contributed by atoms with van der Waals surface area (Å²) in [6.07, 6.45) is 4.75. The Morgan fingerprint density at radius 2 is 1.12 bits per heavy atom. The first-order chi connectivity index (χ1) is 11.9. The summed E-state index contributed by atoms with van der Waals surface area (Å²) in [5.74, 6) is 0. The van der Waals surface area contributed by atoms with E-state index in [9.17, 15) is 0 Å². The van der Waals surface area contributed by atoms with Gasteiger partial charge < -0.3 is 10.6 Å². The van der Waals surface area contributed by atoms with E-state index >= 15 is 0 Å². The zero-order valence-electron chi connectivity index (χ0n) is 19.7. The SMILES string of the molecule is CC(C)(C)[N]=[Mo+2]=[N]C(C)(C)C.CCC[N-]C(C)CC.CCC[N-]CCC. The van der Waals surface area contributed by atoms with E-state index in [2.05, 4.69) is 93.8 Å². The van der Waals surface area contributed by atoms with Crippen molar-refractivity contribution in [2.24, 2.45) is 6.99 Å². The van der Waals surface area contributed by atoms with Crippen LogP contribution in [0.5, 0.6) is 0 Å². The molecule has 0 radical (unpaired) electrons. The van der Waals surface area contributed by atoms with Gasteiger partial charge in [-0.05, 0) is 0 Å². The first-order valence-corrected chi connectivity index (χ1v) is 12.1. The maximum absolute atomic E-state index is 4.51. The third-order valence-electron chi connectivity index (χ3n) is 2.65. The van der Waals surface area contributed by atoms with Gasteiger partial charge in [0.15, 0.2) is 0 Å². The molecule has 0 amide bonds. The molecular weight excluding hydrogens is 404 g/mol. The topological polar surface area (TPSA) is 52.9 Å². The Labute approximate surface area is 174 Å². The average Bonchev–Trinajstić information content (AvgIpc) is 2.52. The normalized spacial score (nSPS) is 12.0. The summed E-state index contributed by atoms with van der Waals surface area (Å²) in [5.41, 5.74) is 0.216. The molecule has 1 unspecified atom stereocenters. The Kier molecular flexibility index (Phi) is 23.7. The smallest absolute Gasteiger partial charge is 0.0668 e. The maximum Gasteiger partial charge on any atom is -0.0668 e. The fourth-order valence-corrected chi connectivity index (χ4v) is 2.48. The molecule has 5 heteroatoms. The van der Waals surface area contributed by atoms with E-state index in [1.165, 1.54) is 25.7 Å². The third-order valence-corrected chi connectivity index (χ3v) is 5.74. The van der Waals surface area contributed by atoms with Crippen molar-refractivity contribution in [2.45, 2.75) is 119 Å². The molecule has 0 bridgehead atoms. The quantitative estimate of drug-likeness (QED) is 0.267. The largest absolute Gasteiger partial charge is 0.662 e. The summed E-state index contributed by atoms with van der Waals surface area (Å²) in [6.45, 7) is 26.7. The second-order valence-corrected chi connectivity index (χ2v) is 9.74. The maximum atomic E-state index is 4.51. The molecule has 0 spiro atoms. The minimum Gasteiger partial charge on any atom is -0.662 e. The molecule has 0 fully saturated rings. The Balaban J connectivity index is -0.000000315. The summed E-state index contributed by atoms with van der Waals surface area (Å²) < 4.78 is 9.01. The molecule has 0 rings (SSSR count). The van der Waals surface area contributed by atoms with Gasteiger partial charge in [0.1, 0.15) is 0 Å². The van der Waals surface area contributed by atoms with E-state index in [4.69, 9.17) is 0 Å². The Morgan fingerprint density at radius 1 is 0.731 bits per heavy atom. The molecule has 0 aromatic heterocycles. The number of rotatable bonds is 8. The molecule has 0 N–H and O–H groups in total. The predicted molar refractivity (Wildman–Crippen MR) is 116 cm³/mol. The van der Waals surface area contributed by atoms with Gasteiger partial charge in [-0.3, -0.25) is 0 Å². The monoisotopic (exact) mass is 454 g/mol. The van der Waals surface area contributed by atoms with E-state index in [1.54, 1.807) is 0 Å². The van der Waals surface area contributed by atoms with Crippen LogP contribution in [0.4, 0.5) is 0 Å². The van der Waals surface area contributed by atoms with Crippen molar-refractivity contribution in [3.8, 4) is 0 Å². The van der Waals surface area contributed by atoms with Crippen LogP contribution in [0, 0.1) is 0 Å². The van der Waals surface area contributed by atoms with Crippen LogP contribution >= 0.6 is 0 Å². The van der Waals surface area contributed by atoms with Crippen molar-refractivity contribution in [3.63, 3.8) is 0 Å². The van der Waals surface area contributed by atoms with Crippen LogP contribution in [0.1, 0.15) is 102 Å². The third kappa shape index (κ3) is 39.3. The Morgan fingerprint density at radius 3 is 1.38 bits per heavy atom. The molecule has 0 aromatic rings.